The van der Waals surface area contributed by atoms with Gasteiger partial charge in [0.2, 0.25) is 0 Å². The Bertz CT molecular complexity index is 423. The quantitative estimate of drug-likeness (QED) is 0.798. The van der Waals surface area contributed by atoms with Crippen LogP contribution in [0.3, 0.4) is 0 Å². The molecule has 0 aliphatic carbocycles. The van der Waals surface area contributed by atoms with Crippen LogP contribution in [0, 0.1) is 6.92 Å². The highest BCUT2D eigenvalue weighted by Gasteiger charge is 2.09. The second-order valence-corrected chi connectivity index (χ2v) is 7.33. The third-order valence-corrected chi connectivity index (χ3v) is 4.67. The van der Waals surface area contributed by atoms with Crippen molar-refractivity contribution in [3.8, 4) is 0 Å². The predicted molar refractivity (Wildman–Crippen MR) is 69.8 cm³/mol. The minimum Gasteiger partial charge on any atom is -0.309 e. The summed E-state index contributed by atoms with van der Waals surface area (Å²) in [6.07, 6.45) is 1.95. The topological polar surface area (TPSA) is 46.2 Å². The van der Waals surface area contributed by atoms with Crippen molar-refractivity contribution >= 4 is 21.2 Å². The Morgan fingerprint density at radius 1 is 1.50 bits per heavy atom. The number of rotatable bonds is 6. The van der Waals surface area contributed by atoms with Crippen molar-refractivity contribution in [1.29, 1.82) is 0 Å². The molecule has 1 N–H and O–H groups in total. The number of hydrogen-bond acceptors (Lipinski definition) is 4. The van der Waals surface area contributed by atoms with E-state index in [-0.39, 0.29) is 5.75 Å². The molecule has 0 saturated carbocycles. The summed E-state index contributed by atoms with van der Waals surface area (Å²) >= 11 is 1.74. The second kappa shape index (κ2) is 5.80. The Morgan fingerprint density at radius 2 is 2.19 bits per heavy atom. The van der Waals surface area contributed by atoms with Crippen LogP contribution in [0.2, 0.25) is 0 Å². The number of aryl methyl sites for hydroxylation is 1. The fourth-order valence-electron chi connectivity index (χ4n) is 1.57. The highest BCUT2D eigenvalue weighted by molar-refractivity contribution is 7.90. The van der Waals surface area contributed by atoms with E-state index in [1.165, 1.54) is 16.7 Å². The van der Waals surface area contributed by atoms with Gasteiger partial charge in [-0.1, -0.05) is 0 Å². The third-order valence-electron chi connectivity index (χ3n) is 2.44. The van der Waals surface area contributed by atoms with Gasteiger partial charge in [0, 0.05) is 17.2 Å². The van der Waals surface area contributed by atoms with Gasteiger partial charge in [-0.2, -0.15) is 0 Å². The summed E-state index contributed by atoms with van der Waals surface area (Å²) in [7, 11) is -2.82. The van der Waals surface area contributed by atoms with Crippen molar-refractivity contribution in [2.75, 3.05) is 18.6 Å². The van der Waals surface area contributed by atoms with Gasteiger partial charge < -0.3 is 5.32 Å². The SMILES string of the molecule is Cc1ccsc1C(C)NCCCS(C)(=O)=O. The summed E-state index contributed by atoms with van der Waals surface area (Å²) in [6.45, 7) is 4.95. The summed E-state index contributed by atoms with van der Waals surface area (Å²) in [5.41, 5.74) is 1.30. The van der Waals surface area contributed by atoms with Gasteiger partial charge in [-0.15, -0.1) is 11.3 Å². The molecule has 0 aliphatic heterocycles. The van der Waals surface area contributed by atoms with Gasteiger partial charge in [0.15, 0.2) is 0 Å². The van der Waals surface area contributed by atoms with E-state index < -0.39 is 9.84 Å². The summed E-state index contributed by atoms with van der Waals surface area (Å²) in [5, 5.41) is 5.43. The molecule has 1 aromatic rings. The molecular weight excluding hydrogens is 242 g/mol. The zero-order valence-corrected chi connectivity index (χ0v) is 11.6. The molecule has 0 aromatic carbocycles. The molecule has 16 heavy (non-hydrogen) atoms. The van der Waals surface area contributed by atoms with Crippen LogP contribution in [0.5, 0.6) is 0 Å². The molecule has 0 bridgehead atoms. The molecule has 92 valence electrons. The van der Waals surface area contributed by atoms with Crippen molar-refractivity contribution in [2.45, 2.75) is 26.3 Å². The van der Waals surface area contributed by atoms with Crippen molar-refractivity contribution in [3.63, 3.8) is 0 Å². The van der Waals surface area contributed by atoms with E-state index in [1.807, 2.05) is 0 Å². The number of nitrogens with one attached hydrogen (secondary N) is 1. The van der Waals surface area contributed by atoms with Crippen molar-refractivity contribution in [1.82, 2.24) is 5.32 Å². The zero-order valence-electron chi connectivity index (χ0n) is 9.99. The average Bonchev–Trinajstić information content (AvgIpc) is 2.57. The van der Waals surface area contributed by atoms with Gasteiger partial charge in [-0.05, 0) is 43.8 Å². The summed E-state index contributed by atoms with van der Waals surface area (Å²) in [4.78, 5) is 1.33. The Morgan fingerprint density at radius 3 is 2.69 bits per heavy atom. The second-order valence-electron chi connectivity index (χ2n) is 4.13. The van der Waals surface area contributed by atoms with Crippen molar-refractivity contribution in [3.05, 3.63) is 21.9 Å². The molecule has 0 aliphatic rings. The first-order chi connectivity index (χ1) is 7.40. The molecule has 0 fully saturated rings. The summed E-state index contributed by atoms with van der Waals surface area (Å²) in [5.74, 6) is 0.260. The maximum Gasteiger partial charge on any atom is 0.147 e. The lowest BCUT2D eigenvalue weighted by atomic mass is 10.2. The first-order valence-corrected chi connectivity index (χ1v) is 8.29. The normalized spacial score (nSPS) is 13.9. The maximum absolute atomic E-state index is 10.9. The molecule has 5 heteroatoms. The lowest BCUT2D eigenvalue weighted by Gasteiger charge is -2.13. The van der Waals surface area contributed by atoms with Gasteiger partial charge in [-0.25, -0.2) is 8.42 Å². The summed E-state index contributed by atoms with van der Waals surface area (Å²) < 4.78 is 21.9. The lowest BCUT2D eigenvalue weighted by molar-refractivity contribution is 0.566. The van der Waals surface area contributed by atoms with Gasteiger partial charge in [0.05, 0.1) is 5.75 Å². The zero-order chi connectivity index (χ0) is 12.2. The van der Waals surface area contributed by atoms with Crippen molar-refractivity contribution < 1.29 is 8.42 Å². The van der Waals surface area contributed by atoms with Crippen molar-refractivity contribution in [2.24, 2.45) is 0 Å². The standard InChI is InChI=1S/C11H19NO2S2/c1-9-5-7-15-11(9)10(2)12-6-4-8-16(3,13)14/h5,7,10,12H,4,6,8H2,1-3H3. The molecule has 0 amide bonds. The van der Waals surface area contributed by atoms with Crippen LogP contribution in [0.1, 0.15) is 29.8 Å². The van der Waals surface area contributed by atoms with E-state index >= 15 is 0 Å². The third kappa shape index (κ3) is 4.63. The van der Waals surface area contributed by atoms with Crippen LogP contribution in [0.25, 0.3) is 0 Å². The van der Waals surface area contributed by atoms with Crippen LogP contribution >= 0.6 is 11.3 Å². The molecule has 1 unspecified atom stereocenters. The Hall–Kier alpha value is -0.390. The summed E-state index contributed by atoms with van der Waals surface area (Å²) in [6, 6.07) is 2.41. The maximum atomic E-state index is 10.9. The molecule has 1 heterocycles. The Kier molecular flexibility index (Phi) is 4.95. The first kappa shape index (κ1) is 13.7. The Balaban J connectivity index is 2.32. The molecule has 1 aromatic heterocycles. The number of hydrogen-bond donors (Lipinski definition) is 1. The van der Waals surface area contributed by atoms with Gasteiger partial charge in [0.25, 0.3) is 0 Å². The lowest BCUT2D eigenvalue weighted by Crippen LogP contribution is -2.21. The smallest absolute Gasteiger partial charge is 0.147 e. The molecular formula is C11H19NO2S2. The number of thiophene rings is 1. The molecule has 1 rings (SSSR count). The fourth-order valence-corrected chi connectivity index (χ4v) is 3.20. The van der Waals surface area contributed by atoms with Gasteiger partial charge in [-0.3, -0.25) is 0 Å². The monoisotopic (exact) mass is 261 g/mol. The minimum absolute atomic E-state index is 0.260. The van der Waals surface area contributed by atoms with E-state index in [0.29, 0.717) is 12.5 Å². The van der Waals surface area contributed by atoms with Crippen LogP contribution in [0.4, 0.5) is 0 Å². The van der Waals surface area contributed by atoms with Crippen LogP contribution < -0.4 is 5.32 Å². The minimum atomic E-state index is -2.82. The fraction of sp³-hybridized carbons (Fsp3) is 0.636. The van der Waals surface area contributed by atoms with E-state index in [4.69, 9.17) is 0 Å². The highest BCUT2D eigenvalue weighted by Crippen LogP contribution is 2.23. The van der Waals surface area contributed by atoms with E-state index in [9.17, 15) is 8.42 Å². The van der Waals surface area contributed by atoms with E-state index in [1.54, 1.807) is 11.3 Å². The predicted octanol–water partition coefficient (Wildman–Crippen LogP) is 2.14. The Labute approximate surface area is 102 Å². The molecule has 0 spiro atoms. The van der Waals surface area contributed by atoms with E-state index in [0.717, 1.165) is 6.54 Å². The first-order valence-electron chi connectivity index (χ1n) is 5.35. The highest BCUT2D eigenvalue weighted by atomic mass is 32.2. The average molecular weight is 261 g/mol. The van der Waals surface area contributed by atoms with Gasteiger partial charge >= 0.3 is 0 Å². The van der Waals surface area contributed by atoms with E-state index in [2.05, 4.69) is 30.6 Å². The van der Waals surface area contributed by atoms with Crippen LogP contribution in [0.15, 0.2) is 11.4 Å². The largest absolute Gasteiger partial charge is 0.309 e. The molecule has 0 saturated heterocycles. The molecule has 0 radical (unpaired) electrons. The molecule has 1 atom stereocenters. The molecule has 3 nitrogen and oxygen atoms in total. The van der Waals surface area contributed by atoms with Crippen LogP contribution in [-0.2, 0) is 9.84 Å². The number of sulfone groups is 1. The van der Waals surface area contributed by atoms with Gasteiger partial charge in [0.1, 0.15) is 9.84 Å². The van der Waals surface area contributed by atoms with Crippen LogP contribution in [-0.4, -0.2) is 27.0 Å².